The van der Waals surface area contributed by atoms with Crippen LogP contribution in [-0.2, 0) is 13.2 Å². The Balaban J connectivity index is 1.31. The van der Waals surface area contributed by atoms with Crippen LogP contribution >= 0.6 is 11.6 Å². The van der Waals surface area contributed by atoms with Crippen molar-refractivity contribution in [2.24, 2.45) is 5.10 Å². The molecule has 39 heavy (non-hydrogen) atoms. The van der Waals surface area contributed by atoms with Gasteiger partial charge in [-0.2, -0.15) is 10.1 Å². The van der Waals surface area contributed by atoms with Gasteiger partial charge in [0.15, 0.2) is 17.1 Å². The second-order valence-corrected chi connectivity index (χ2v) is 9.60. The van der Waals surface area contributed by atoms with Gasteiger partial charge in [0.2, 0.25) is 0 Å². The molecule has 2 aromatic heterocycles. The van der Waals surface area contributed by atoms with Gasteiger partial charge in [-0.3, -0.25) is 0 Å². The molecule has 5 rings (SSSR count). The maximum absolute atomic E-state index is 6.24. The summed E-state index contributed by atoms with van der Waals surface area (Å²) in [6, 6.07) is 21.4. The number of para-hydroxylation sites is 1. The first-order chi connectivity index (χ1) is 19.2. The second kappa shape index (κ2) is 12.6. The zero-order chi connectivity index (χ0) is 27.0. The van der Waals surface area contributed by atoms with Crippen molar-refractivity contribution in [2.75, 3.05) is 12.5 Å². The molecule has 9 heteroatoms. The first-order valence-corrected chi connectivity index (χ1v) is 13.5. The molecule has 0 radical (unpaired) electrons. The fourth-order valence-corrected chi connectivity index (χ4v) is 4.68. The van der Waals surface area contributed by atoms with E-state index >= 15 is 0 Å². The highest BCUT2D eigenvalue weighted by Gasteiger charge is 2.14. The number of methoxy groups -OCH3 is 1. The van der Waals surface area contributed by atoms with E-state index in [0.717, 1.165) is 46.2 Å². The molecule has 0 aliphatic rings. The summed E-state index contributed by atoms with van der Waals surface area (Å²) in [7, 11) is 1.60. The molecule has 1 N–H and O–H groups in total. The van der Waals surface area contributed by atoms with Gasteiger partial charge in [-0.25, -0.2) is 5.43 Å². The van der Waals surface area contributed by atoms with E-state index in [4.69, 9.17) is 26.1 Å². The molecular formula is C30H31ClN6O2. The highest BCUT2D eigenvalue weighted by Crippen LogP contribution is 2.30. The molecule has 3 aromatic carbocycles. The lowest BCUT2D eigenvalue weighted by Gasteiger charge is -2.12. The Morgan fingerprint density at radius 1 is 0.974 bits per heavy atom. The van der Waals surface area contributed by atoms with Crippen LogP contribution in [0.5, 0.6) is 11.5 Å². The number of hydrogen-bond acceptors (Lipinski definition) is 7. The molecule has 0 saturated carbocycles. The summed E-state index contributed by atoms with van der Waals surface area (Å²) in [5.74, 6) is 1.55. The largest absolute Gasteiger partial charge is 0.493 e. The average molecular weight is 543 g/mol. The van der Waals surface area contributed by atoms with Gasteiger partial charge in [0.1, 0.15) is 12.1 Å². The summed E-state index contributed by atoms with van der Waals surface area (Å²) in [5, 5.41) is 14.8. The number of ether oxygens (including phenoxy) is 2. The van der Waals surface area contributed by atoms with E-state index in [9.17, 15) is 0 Å². The molecule has 0 unspecified atom stereocenters. The summed E-state index contributed by atoms with van der Waals surface area (Å²) in [4.78, 5) is 4.76. The van der Waals surface area contributed by atoms with Gasteiger partial charge in [0.25, 0.3) is 5.95 Å². The minimum Gasteiger partial charge on any atom is -0.493 e. The summed E-state index contributed by atoms with van der Waals surface area (Å²) < 4.78 is 13.7. The maximum atomic E-state index is 6.24. The van der Waals surface area contributed by atoms with Gasteiger partial charge in [0.05, 0.1) is 18.8 Å². The van der Waals surface area contributed by atoms with E-state index in [1.165, 1.54) is 19.3 Å². The number of hydrazone groups is 1. The van der Waals surface area contributed by atoms with Gasteiger partial charge in [-0.15, -0.1) is 10.2 Å². The summed E-state index contributed by atoms with van der Waals surface area (Å²) >= 11 is 6.24. The van der Waals surface area contributed by atoms with E-state index in [1.54, 1.807) is 13.3 Å². The molecule has 0 bridgehead atoms. The third-order valence-electron chi connectivity index (χ3n) is 6.52. The predicted molar refractivity (Wildman–Crippen MR) is 157 cm³/mol. The number of halogens is 1. The Morgan fingerprint density at radius 2 is 1.82 bits per heavy atom. The topological polar surface area (TPSA) is 86.5 Å². The van der Waals surface area contributed by atoms with Crippen molar-refractivity contribution in [3.8, 4) is 11.5 Å². The van der Waals surface area contributed by atoms with Crippen molar-refractivity contribution in [2.45, 2.75) is 45.8 Å². The van der Waals surface area contributed by atoms with Crippen LogP contribution in [0, 0.1) is 0 Å². The first-order valence-electron chi connectivity index (χ1n) is 13.1. The first kappa shape index (κ1) is 26.4. The molecule has 0 aliphatic carbocycles. The van der Waals surface area contributed by atoms with Crippen LogP contribution in [0.25, 0.3) is 22.1 Å². The molecule has 2 heterocycles. The quantitative estimate of drug-likeness (QED) is 0.101. The molecule has 0 aliphatic heterocycles. The average Bonchev–Trinajstić information content (AvgIpc) is 3.28. The molecule has 0 spiro atoms. The van der Waals surface area contributed by atoms with Gasteiger partial charge in [-0.1, -0.05) is 74.2 Å². The van der Waals surface area contributed by atoms with E-state index < -0.39 is 0 Å². The number of benzene rings is 3. The molecule has 0 amide bonds. The zero-order valence-corrected chi connectivity index (χ0v) is 22.9. The fourth-order valence-electron chi connectivity index (χ4n) is 4.49. The standard InChI is InChI=1S/C30H31ClN6O2/c1-3-4-5-10-17-37-25-14-9-7-12-23(25)28-29(37)33-30(36-34-28)35-32-19-21-15-16-26(27(18-21)38-2)39-20-22-11-6-8-13-24(22)31/h6-9,11-16,18-19H,3-5,10,17,20H2,1-2H3,(H,33,35,36)/b32-19+. The highest BCUT2D eigenvalue weighted by atomic mass is 35.5. The Hall–Kier alpha value is -4.17. The Bertz CT molecular complexity index is 1600. The number of anilines is 1. The number of aryl methyl sites for hydroxylation is 1. The van der Waals surface area contributed by atoms with Gasteiger partial charge in [-0.05, 0) is 42.3 Å². The van der Waals surface area contributed by atoms with Crippen LogP contribution in [0.3, 0.4) is 0 Å². The van der Waals surface area contributed by atoms with Crippen LogP contribution in [0.2, 0.25) is 5.02 Å². The number of nitrogens with one attached hydrogen (secondary N) is 1. The second-order valence-electron chi connectivity index (χ2n) is 9.20. The van der Waals surface area contributed by atoms with E-state index in [0.29, 0.717) is 29.1 Å². The molecule has 8 nitrogen and oxygen atoms in total. The van der Waals surface area contributed by atoms with Crippen molar-refractivity contribution < 1.29 is 9.47 Å². The van der Waals surface area contributed by atoms with Crippen LogP contribution in [0.4, 0.5) is 5.95 Å². The van der Waals surface area contributed by atoms with Gasteiger partial charge >= 0.3 is 0 Å². The van der Waals surface area contributed by atoms with Crippen molar-refractivity contribution in [3.05, 3.63) is 82.9 Å². The smallest absolute Gasteiger partial charge is 0.265 e. The third-order valence-corrected chi connectivity index (χ3v) is 6.88. The SMILES string of the molecule is CCCCCCn1c2ccccc2c2nnc(N/N=C/c3ccc(OCc4ccccc4Cl)c(OC)c3)nc21. The number of hydrogen-bond donors (Lipinski definition) is 1. The van der Waals surface area contributed by atoms with Gasteiger partial charge < -0.3 is 14.0 Å². The van der Waals surface area contributed by atoms with Crippen molar-refractivity contribution in [3.63, 3.8) is 0 Å². The number of aromatic nitrogens is 4. The monoisotopic (exact) mass is 542 g/mol. The lowest BCUT2D eigenvalue weighted by Crippen LogP contribution is -2.03. The highest BCUT2D eigenvalue weighted by molar-refractivity contribution is 6.31. The molecule has 200 valence electrons. The molecule has 5 aromatic rings. The number of unbranched alkanes of at least 4 members (excludes halogenated alkanes) is 3. The van der Waals surface area contributed by atoms with Crippen molar-refractivity contribution >= 4 is 45.8 Å². The lowest BCUT2D eigenvalue weighted by molar-refractivity contribution is 0.284. The van der Waals surface area contributed by atoms with Crippen LogP contribution < -0.4 is 14.9 Å². The fraction of sp³-hybridized carbons (Fsp3) is 0.267. The maximum Gasteiger partial charge on any atom is 0.265 e. The van der Waals surface area contributed by atoms with E-state index in [1.807, 2.05) is 54.6 Å². The Kier molecular flexibility index (Phi) is 8.53. The summed E-state index contributed by atoms with van der Waals surface area (Å²) in [5.41, 5.74) is 7.38. The van der Waals surface area contributed by atoms with Gasteiger partial charge in [0, 0.05) is 22.5 Å². The van der Waals surface area contributed by atoms with Crippen LogP contribution in [0.1, 0.15) is 43.7 Å². The van der Waals surface area contributed by atoms with Crippen LogP contribution in [-0.4, -0.2) is 33.1 Å². The predicted octanol–water partition coefficient (Wildman–Crippen LogP) is 7.25. The normalized spacial score (nSPS) is 11.5. The van der Waals surface area contributed by atoms with Crippen molar-refractivity contribution in [1.29, 1.82) is 0 Å². The third kappa shape index (κ3) is 6.12. The Labute approximate surface area is 232 Å². The molecule has 0 saturated heterocycles. The van der Waals surface area contributed by atoms with E-state index in [2.05, 4.69) is 44.3 Å². The number of nitrogens with zero attached hydrogens (tertiary/aromatic N) is 5. The van der Waals surface area contributed by atoms with Crippen LogP contribution in [0.15, 0.2) is 71.8 Å². The molecular weight excluding hydrogens is 512 g/mol. The molecule has 0 atom stereocenters. The summed E-state index contributed by atoms with van der Waals surface area (Å²) in [6.45, 7) is 3.44. The zero-order valence-electron chi connectivity index (χ0n) is 22.1. The number of fused-ring (bicyclic) bond motifs is 3. The molecule has 0 fully saturated rings. The summed E-state index contributed by atoms with van der Waals surface area (Å²) in [6.07, 6.45) is 6.38. The number of rotatable bonds is 12. The minimum atomic E-state index is 0.336. The lowest BCUT2D eigenvalue weighted by atomic mass is 10.2. The van der Waals surface area contributed by atoms with E-state index in [-0.39, 0.29) is 0 Å². The van der Waals surface area contributed by atoms with Crippen molar-refractivity contribution in [1.82, 2.24) is 19.7 Å². The Morgan fingerprint density at radius 3 is 2.67 bits per heavy atom. The minimum absolute atomic E-state index is 0.336.